The number of piperidine rings is 1. The van der Waals surface area contributed by atoms with Crippen molar-refractivity contribution in [1.82, 2.24) is 4.90 Å². The van der Waals surface area contributed by atoms with Gasteiger partial charge in [0, 0.05) is 18.8 Å². The monoisotopic (exact) mass is 470 g/mol. The fourth-order valence-corrected chi connectivity index (χ4v) is 5.73. The summed E-state index contributed by atoms with van der Waals surface area (Å²) in [5, 5.41) is 1.72. The molecular formula is C24H26N2O4S2. The number of sulfonamides is 1. The zero-order chi connectivity index (χ0) is 22.4. The molecule has 168 valence electrons. The van der Waals surface area contributed by atoms with E-state index in [-0.39, 0.29) is 10.1 Å². The maximum Gasteiger partial charge on any atom is 0.271 e. The van der Waals surface area contributed by atoms with Gasteiger partial charge in [0.1, 0.15) is 9.96 Å². The van der Waals surface area contributed by atoms with Gasteiger partial charge in [0.2, 0.25) is 5.91 Å². The first-order valence-electron chi connectivity index (χ1n) is 10.6. The van der Waals surface area contributed by atoms with Crippen molar-refractivity contribution in [3.05, 3.63) is 77.7 Å². The number of ether oxygens (including phenoxy) is 1. The number of nitrogens with one attached hydrogen (secondary N) is 1. The average Bonchev–Trinajstić information content (AvgIpc) is 3.36. The maximum absolute atomic E-state index is 12.7. The Morgan fingerprint density at radius 3 is 2.38 bits per heavy atom. The molecule has 1 amide bonds. The van der Waals surface area contributed by atoms with Crippen LogP contribution in [0.1, 0.15) is 18.4 Å². The van der Waals surface area contributed by atoms with E-state index in [0.717, 1.165) is 37.2 Å². The molecule has 2 heterocycles. The van der Waals surface area contributed by atoms with Gasteiger partial charge >= 0.3 is 0 Å². The van der Waals surface area contributed by atoms with Crippen molar-refractivity contribution in [1.29, 1.82) is 0 Å². The van der Waals surface area contributed by atoms with Crippen molar-refractivity contribution in [2.24, 2.45) is 5.92 Å². The lowest BCUT2D eigenvalue weighted by atomic mass is 9.97. The molecule has 4 rings (SSSR count). The summed E-state index contributed by atoms with van der Waals surface area (Å²) in [7, 11) is -3.57. The van der Waals surface area contributed by atoms with Crippen molar-refractivity contribution >= 4 is 33.0 Å². The zero-order valence-corrected chi connectivity index (χ0v) is 19.3. The van der Waals surface area contributed by atoms with E-state index in [2.05, 4.69) is 4.72 Å². The van der Waals surface area contributed by atoms with Crippen LogP contribution in [0.2, 0.25) is 0 Å². The largest absolute Gasteiger partial charge is 0.493 e. The highest BCUT2D eigenvalue weighted by molar-refractivity contribution is 7.94. The van der Waals surface area contributed by atoms with E-state index >= 15 is 0 Å². The van der Waals surface area contributed by atoms with Crippen LogP contribution in [0.25, 0.3) is 0 Å². The normalized spacial score (nSPS) is 14.8. The lowest BCUT2D eigenvalue weighted by Crippen LogP contribution is -2.40. The van der Waals surface area contributed by atoms with Gasteiger partial charge in [-0.25, -0.2) is 8.42 Å². The molecule has 1 fully saturated rings. The predicted molar refractivity (Wildman–Crippen MR) is 127 cm³/mol. The number of anilines is 1. The molecule has 0 radical (unpaired) electrons. The van der Waals surface area contributed by atoms with Gasteiger partial charge in [0.15, 0.2) is 0 Å². The number of hydrogen-bond donors (Lipinski definition) is 1. The molecule has 0 atom stereocenters. The summed E-state index contributed by atoms with van der Waals surface area (Å²) in [5.74, 6) is 1.43. The van der Waals surface area contributed by atoms with Crippen LogP contribution >= 0.6 is 11.3 Å². The van der Waals surface area contributed by atoms with E-state index in [1.807, 2.05) is 35.2 Å². The second kappa shape index (κ2) is 10.2. The molecule has 0 bridgehead atoms. The Morgan fingerprint density at radius 1 is 1.00 bits per heavy atom. The molecule has 2 aromatic carbocycles. The van der Waals surface area contributed by atoms with Gasteiger partial charge in [0.05, 0.1) is 13.0 Å². The molecule has 0 aliphatic carbocycles. The molecule has 1 aromatic heterocycles. The number of para-hydroxylation sites is 1. The molecule has 1 saturated heterocycles. The third kappa shape index (κ3) is 5.89. The molecule has 1 N–H and O–H groups in total. The van der Waals surface area contributed by atoms with Crippen LogP contribution in [0, 0.1) is 5.92 Å². The van der Waals surface area contributed by atoms with Crippen molar-refractivity contribution in [3.8, 4) is 5.75 Å². The maximum atomic E-state index is 12.7. The lowest BCUT2D eigenvalue weighted by Gasteiger charge is -2.32. The van der Waals surface area contributed by atoms with Gasteiger partial charge in [-0.1, -0.05) is 36.4 Å². The Balaban J connectivity index is 1.24. The summed E-state index contributed by atoms with van der Waals surface area (Å²) >= 11 is 1.17. The number of likely N-dealkylation sites (tertiary alicyclic amines) is 1. The molecule has 0 spiro atoms. The number of nitrogens with zero attached hydrogens (tertiary/aromatic N) is 1. The van der Waals surface area contributed by atoms with Crippen molar-refractivity contribution < 1.29 is 17.9 Å². The first-order chi connectivity index (χ1) is 15.5. The third-order valence-corrected chi connectivity index (χ3v) is 8.30. The fraction of sp³-hybridized carbons (Fsp3) is 0.292. The van der Waals surface area contributed by atoms with Crippen molar-refractivity contribution in [2.45, 2.75) is 23.5 Å². The molecule has 8 heteroatoms. The Labute approximate surface area is 192 Å². The zero-order valence-electron chi connectivity index (χ0n) is 17.6. The summed E-state index contributed by atoms with van der Waals surface area (Å²) in [5.41, 5.74) is 1.34. The molecule has 1 aliphatic rings. The van der Waals surface area contributed by atoms with Gasteiger partial charge in [-0.05, 0) is 60.0 Å². The fourth-order valence-electron chi connectivity index (χ4n) is 3.68. The van der Waals surface area contributed by atoms with Crippen LogP contribution < -0.4 is 9.46 Å². The van der Waals surface area contributed by atoms with Gasteiger partial charge in [-0.3, -0.25) is 9.52 Å². The van der Waals surface area contributed by atoms with E-state index in [1.165, 1.54) is 11.3 Å². The number of benzene rings is 2. The lowest BCUT2D eigenvalue weighted by molar-refractivity contribution is -0.132. The molecular weight excluding hydrogens is 444 g/mol. The van der Waals surface area contributed by atoms with Crippen LogP contribution in [-0.4, -0.2) is 38.9 Å². The number of carbonyl (C=O) groups excluding carboxylic acids is 1. The number of rotatable bonds is 8. The first-order valence-corrected chi connectivity index (χ1v) is 13.0. The van der Waals surface area contributed by atoms with Crippen LogP contribution in [0.4, 0.5) is 5.69 Å². The van der Waals surface area contributed by atoms with Gasteiger partial charge in [0.25, 0.3) is 10.0 Å². The minimum Gasteiger partial charge on any atom is -0.493 e. The Kier molecular flexibility index (Phi) is 7.12. The summed E-state index contributed by atoms with van der Waals surface area (Å²) in [6.07, 6.45) is 2.17. The third-order valence-electron chi connectivity index (χ3n) is 5.52. The summed E-state index contributed by atoms with van der Waals surface area (Å²) in [4.78, 5) is 14.6. The van der Waals surface area contributed by atoms with Gasteiger partial charge < -0.3 is 9.64 Å². The van der Waals surface area contributed by atoms with Crippen LogP contribution in [-0.2, 0) is 21.2 Å². The highest BCUT2D eigenvalue weighted by Crippen LogP contribution is 2.22. The van der Waals surface area contributed by atoms with Crippen molar-refractivity contribution in [2.75, 3.05) is 24.4 Å². The van der Waals surface area contributed by atoms with E-state index in [1.54, 1.807) is 41.8 Å². The van der Waals surface area contributed by atoms with Gasteiger partial charge in [-0.2, -0.15) is 0 Å². The predicted octanol–water partition coefficient (Wildman–Crippen LogP) is 4.41. The topological polar surface area (TPSA) is 75.7 Å². The molecule has 32 heavy (non-hydrogen) atoms. The van der Waals surface area contributed by atoms with E-state index in [4.69, 9.17) is 4.74 Å². The highest BCUT2D eigenvalue weighted by Gasteiger charge is 2.23. The summed E-state index contributed by atoms with van der Waals surface area (Å²) in [6, 6.07) is 20.0. The Bertz CT molecular complexity index is 1110. The van der Waals surface area contributed by atoms with Crippen LogP contribution in [0.15, 0.2) is 76.3 Å². The quantitative estimate of drug-likeness (QED) is 0.529. The molecule has 6 nitrogen and oxygen atoms in total. The number of amides is 1. The van der Waals surface area contributed by atoms with E-state index < -0.39 is 10.0 Å². The standard InChI is InChI=1S/C24H26N2O4S2/c27-23(26-14-12-20(13-15-26)18-30-22-5-2-1-3-6-22)17-19-8-10-21(11-9-19)25-32(28,29)24-7-4-16-31-24/h1-11,16,20,25H,12-15,17-18H2. The summed E-state index contributed by atoms with van der Waals surface area (Å²) < 4.78 is 33.3. The van der Waals surface area contributed by atoms with Crippen LogP contribution in [0.3, 0.4) is 0 Å². The molecule has 0 saturated carbocycles. The van der Waals surface area contributed by atoms with E-state index in [9.17, 15) is 13.2 Å². The molecule has 3 aromatic rings. The SMILES string of the molecule is O=C(Cc1ccc(NS(=O)(=O)c2cccs2)cc1)N1CCC(COc2ccccc2)CC1. The molecule has 1 aliphatic heterocycles. The Hall–Kier alpha value is -2.84. The smallest absolute Gasteiger partial charge is 0.271 e. The minimum atomic E-state index is -3.57. The number of carbonyl (C=O) groups is 1. The average molecular weight is 471 g/mol. The summed E-state index contributed by atoms with van der Waals surface area (Å²) in [6.45, 7) is 2.15. The minimum absolute atomic E-state index is 0.0966. The second-order valence-corrected chi connectivity index (χ2v) is 10.7. The first kappa shape index (κ1) is 22.4. The van der Waals surface area contributed by atoms with Crippen molar-refractivity contribution in [3.63, 3.8) is 0 Å². The van der Waals surface area contributed by atoms with E-state index in [0.29, 0.717) is 24.6 Å². The number of thiophene rings is 1. The second-order valence-electron chi connectivity index (χ2n) is 7.86. The van der Waals surface area contributed by atoms with Crippen LogP contribution in [0.5, 0.6) is 5.75 Å². The number of hydrogen-bond acceptors (Lipinski definition) is 5. The highest BCUT2D eigenvalue weighted by atomic mass is 32.2. The molecule has 0 unspecified atom stereocenters. The van der Waals surface area contributed by atoms with Gasteiger partial charge in [-0.15, -0.1) is 11.3 Å². The Morgan fingerprint density at radius 2 is 1.72 bits per heavy atom.